The second-order valence-corrected chi connectivity index (χ2v) is 5.43. The minimum atomic E-state index is -2.32. The molecule has 0 saturated heterocycles. The zero-order chi connectivity index (χ0) is 16.1. The highest BCUT2D eigenvalue weighted by atomic mass is 32.2. The predicted molar refractivity (Wildman–Crippen MR) is 81.0 cm³/mol. The number of carbonyl (C=O) groups excluding carboxylic acids is 1. The van der Waals surface area contributed by atoms with E-state index in [9.17, 15) is 9.00 Å². The molecule has 1 amide bonds. The molecule has 0 aliphatic heterocycles. The zero-order valence-electron chi connectivity index (χ0n) is 11.0. The average molecular weight is 344 g/mol. The van der Waals surface area contributed by atoms with Crippen LogP contribution in [0.1, 0.15) is 5.76 Å². The summed E-state index contributed by atoms with van der Waals surface area (Å²) >= 11 is -1.09. The molecular formula is C10H12N6O4S2. The maximum Gasteiger partial charge on any atom is 0.250 e. The monoisotopic (exact) mass is 344 g/mol. The lowest BCUT2D eigenvalue weighted by Crippen LogP contribution is -2.39. The lowest BCUT2D eigenvalue weighted by Gasteiger charge is -2.01. The van der Waals surface area contributed by atoms with Crippen LogP contribution in [0.5, 0.6) is 0 Å². The van der Waals surface area contributed by atoms with Crippen molar-refractivity contribution in [1.82, 2.24) is 15.2 Å². The van der Waals surface area contributed by atoms with Crippen LogP contribution in [-0.2, 0) is 22.5 Å². The number of rotatable bonds is 6. The van der Waals surface area contributed by atoms with Gasteiger partial charge in [0.05, 0.1) is 6.42 Å². The quantitative estimate of drug-likeness (QED) is 0.206. The summed E-state index contributed by atoms with van der Waals surface area (Å²) in [5.41, 5.74) is 13.1. The second-order valence-electron chi connectivity index (χ2n) is 3.89. The summed E-state index contributed by atoms with van der Waals surface area (Å²) in [6.45, 7) is 0. The van der Waals surface area contributed by atoms with Gasteiger partial charge in [-0.15, -0.1) is 16.2 Å². The summed E-state index contributed by atoms with van der Waals surface area (Å²) in [7, 11) is 0. The number of hydrogen-bond acceptors (Lipinski definition) is 6. The van der Waals surface area contributed by atoms with Crippen LogP contribution >= 0.6 is 11.3 Å². The Morgan fingerprint density at radius 1 is 1.50 bits per heavy atom. The van der Waals surface area contributed by atoms with Crippen LogP contribution in [0.3, 0.4) is 0 Å². The number of nitrogens with zero attached hydrogens (tertiary/aromatic N) is 2. The van der Waals surface area contributed by atoms with Gasteiger partial charge in [-0.1, -0.05) is 0 Å². The van der Waals surface area contributed by atoms with E-state index >= 15 is 0 Å². The van der Waals surface area contributed by atoms with E-state index in [2.05, 4.69) is 9.98 Å². The summed E-state index contributed by atoms with van der Waals surface area (Å²) < 4.78 is 24.3. The normalized spacial score (nSPS) is 11.9. The van der Waals surface area contributed by atoms with Gasteiger partial charge in [-0.25, -0.2) is 9.19 Å². The summed E-state index contributed by atoms with van der Waals surface area (Å²) in [5.74, 6) is 0.207. The van der Waals surface area contributed by atoms with Crippen LogP contribution in [0, 0.1) is 0 Å². The molecule has 2 heterocycles. The highest BCUT2D eigenvalue weighted by molar-refractivity contribution is 7.77. The van der Waals surface area contributed by atoms with Crippen LogP contribution in [-0.4, -0.2) is 25.6 Å². The van der Waals surface area contributed by atoms with Crippen molar-refractivity contribution in [3.63, 3.8) is 0 Å². The van der Waals surface area contributed by atoms with Gasteiger partial charge in [-0.3, -0.25) is 14.8 Å². The van der Waals surface area contributed by atoms with Crippen molar-refractivity contribution >= 4 is 39.6 Å². The van der Waals surface area contributed by atoms with Crippen molar-refractivity contribution < 1.29 is 18.0 Å². The number of furan rings is 1. The Kier molecular flexibility index (Phi) is 5.21. The third-order valence-electron chi connectivity index (χ3n) is 2.24. The third-order valence-corrected chi connectivity index (χ3v) is 3.25. The molecular weight excluding hydrogens is 332 g/mol. The Bertz CT molecular complexity index is 721. The molecule has 0 radical (unpaired) electrons. The van der Waals surface area contributed by atoms with E-state index in [1.807, 2.05) is 10.3 Å². The molecule has 0 aliphatic carbocycles. The topological polar surface area (TPSA) is 169 Å². The van der Waals surface area contributed by atoms with Gasteiger partial charge in [0.15, 0.2) is 11.7 Å². The van der Waals surface area contributed by atoms with Crippen LogP contribution in [0.4, 0.5) is 5.13 Å². The van der Waals surface area contributed by atoms with Crippen molar-refractivity contribution in [3.05, 3.63) is 23.3 Å². The predicted octanol–water partition coefficient (Wildman–Crippen LogP) is -0.392. The molecule has 2 aromatic rings. The summed E-state index contributed by atoms with van der Waals surface area (Å²) in [6.07, 6.45) is -0.102. The number of hydrogen-bond donors (Lipinski definition) is 5. The van der Waals surface area contributed by atoms with E-state index in [1.165, 1.54) is 11.3 Å². The molecule has 0 spiro atoms. The van der Waals surface area contributed by atoms with Gasteiger partial charge in [-0.2, -0.15) is 4.99 Å². The number of nitrogens with one attached hydrogen (secondary N) is 2. The first-order chi connectivity index (χ1) is 10.4. The van der Waals surface area contributed by atoms with Gasteiger partial charge >= 0.3 is 0 Å². The minimum Gasteiger partial charge on any atom is -0.459 e. The van der Waals surface area contributed by atoms with Gasteiger partial charge in [-0.05, 0) is 12.1 Å². The molecule has 1 unspecified atom stereocenters. The number of amides is 1. The fourth-order valence-electron chi connectivity index (χ4n) is 1.45. The fraction of sp³-hybridized carbons (Fsp3) is 0.100. The van der Waals surface area contributed by atoms with Crippen LogP contribution in [0.15, 0.2) is 26.9 Å². The standard InChI is InChI=1S/C10H12N6O4S2/c11-9(12)14-10-13-6(4-21-10)7-2-1-5(20-7)3-8(17)15-16-22(18)19/h1-2,4,16H,3H2,(H,15,17)(H,18,19)(H4,11,12,13,14). The van der Waals surface area contributed by atoms with Crippen LogP contribution < -0.4 is 21.7 Å². The van der Waals surface area contributed by atoms with Crippen LogP contribution in [0.25, 0.3) is 11.5 Å². The molecule has 12 heteroatoms. The zero-order valence-corrected chi connectivity index (χ0v) is 12.6. The summed E-state index contributed by atoms with van der Waals surface area (Å²) in [4.78, 5) is 21.3. The van der Waals surface area contributed by atoms with Crippen molar-refractivity contribution in [3.8, 4) is 11.5 Å². The summed E-state index contributed by atoms with van der Waals surface area (Å²) in [6, 6.07) is 3.25. The Labute approximate surface area is 131 Å². The summed E-state index contributed by atoms with van der Waals surface area (Å²) in [5, 5.41) is 2.10. The first-order valence-corrected chi connectivity index (χ1v) is 7.72. The molecule has 2 aromatic heterocycles. The fourth-order valence-corrected chi connectivity index (χ4v) is 2.35. The SMILES string of the molecule is NC(N)=Nc1nc(-c2ccc(CC(=O)NNS(=O)O)o2)cs1. The van der Waals surface area contributed by atoms with E-state index in [4.69, 9.17) is 20.4 Å². The molecule has 0 aliphatic rings. The van der Waals surface area contributed by atoms with E-state index in [-0.39, 0.29) is 12.4 Å². The molecule has 0 fully saturated rings. The van der Waals surface area contributed by atoms with Crippen molar-refractivity contribution in [2.45, 2.75) is 6.42 Å². The molecule has 7 N–H and O–H groups in total. The molecule has 0 aromatic carbocycles. The lowest BCUT2D eigenvalue weighted by atomic mass is 10.3. The number of carbonyl (C=O) groups is 1. The molecule has 10 nitrogen and oxygen atoms in total. The van der Waals surface area contributed by atoms with Crippen molar-refractivity contribution in [2.24, 2.45) is 16.5 Å². The Morgan fingerprint density at radius 3 is 2.95 bits per heavy atom. The first-order valence-electron chi connectivity index (χ1n) is 5.73. The van der Waals surface area contributed by atoms with Crippen molar-refractivity contribution in [2.75, 3.05) is 0 Å². The van der Waals surface area contributed by atoms with E-state index in [0.29, 0.717) is 22.3 Å². The largest absolute Gasteiger partial charge is 0.459 e. The number of aliphatic imine (C=N–C) groups is 1. The molecule has 0 saturated carbocycles. The maximum atomic E-state index is 11.4. The second kappa shape index (κ2) is 7.13. The van der Waals surface area contributed by atoms with Gasteiger partial charge in [0.25, 0.3) is 11.3 Å². The minimum absolute atomic E-state index is 0.0912. The number of hydrazine groups is 1. The number of guanidine groups is 1. The van der Waals surface area contributed by atoms with Gasteiger partial charge in [0.1, 0.15) is 11.5 Å². The van der Waals surface area contributed by atoms with E-state index in [0.717, 1.165) is 0 Å². The van der Waals surface area contributed by atoms with E-state index < -0.39 is 17.2 Å². The number of nitrogens with two attached hydrogens (primary N) is 2. The third kappa shape index (κ3) is 4.63. The van der Waals surface area contributed by atoms with Crippen LogP contribution in [0.2, 0.25) is 0 Å². The molecule has 118 valence electrons. The van der Waals surface area contributed by atoms with Gasteiger partial charge < -0.3 is 15.9 Å². The molecule has 0 bridgehead atoms. The van der Waals surface area contributed by atoms with Crippen molar-refractivity contribution in [1.29, 1.82) is 0 Å². The van der Waals surface area contributed by atoms with Gasteiger partial charge in [0, 0.05) is 5.38 Å². The lowest BCUT2D eigenvalue weighted by molar-refractivity contribution is -0.121. The van der Waals surface area contributed by atoms with Gasteiger partial charge in [0.2, 0.25) is 11.0 Å². The first kappa shape index (κ1) is 16.1. The highest BCUT2D eigenvalue weighted by Crippen LogP contribution is 2.28. The molecule has 2 rings (SSSR count). The Morgan fingerprint density at radius 2 is 2.27 bits per heavy atom. The Balaban J connectivity index is 2.02. The smallest absolute Gasteiger partial charge is 0.250 e. The maximum absolute atomic E-state index is 11.4. The average Bonchev–Trinajstić information content (AvgIpc) is 3.05. The highest BCUT2D eigenvalue weighted by Gasteiger charge is 2.12. The Hall–Kier alpha value is -2.28. The number of thiazole rings is 1. The van der Waals surface area contributed by atoms with E-state index in [1.54, 1.807) is 17.5 Å². The molecule has 1 atom stereocenters. The molecule has 22 heavy (non-hydrogen) atoms. The number of aromatic nitrogens is 1.